The van der Waals surface area contributed by atoms with Gasteiger partial charge >= 0.3 is 0 Å². The normalized spacial score (nSPS) is 14.3. The van der Waals surface area contributed by atoms with Crippen LogP contribution in [-0.4, -0.2) is 15.8 Å². The number of benzene rings is 1. The smallest absolute Gasteiger partial charge is 0.0645 e. The van der Waals surface area contributed by atoms with Crippen LogP contribution in [0.15, 0.2) is 42.7 Å². The highest BCUT2D eigenvalue weighted by molar-refractivity contribution is 5.33. The fourth-order valence-electron chi connectivity index (χ4n) is 2.02. The molecule has 0 spiro atoms. The first-order valence-corrected chi connectivity index (χ1v) is 7.03. The molecule has 1 heterocycles. The molecule has 3 heteroatoms. The Morgan fingerprint density at radius 2 is 1.95 bits per heavy atom. The van der Waals surface area contributed by atoms with Crippen molar-refractivity contribution in [3.8, 4) is 5.69 Å². The Morgan fingerprint density at radius 3 is 2.53 bits per heavy atom. The molecule has 19 heavy (non-hydrogen) atoms. The zero-order valence-corrected chi connectivity index (χ0v) is 12.0. The van der Waals surface area contributed by atoms with Crippen LogP contribution < -0.4 is 5.32 Å². The molecule has 2 aromatic rings. The van der Waals surface area contributed by atoms with E-state index in [0.717, 1.165) is 12.2 Å². The Balaban J connectivity index is 1.92. The lowest BCUT2D eigenvalue weighted by molar-refractivity contribution is 0.389. The molecule has 1 N–H and O–H groups in total. The van der Waals surface area contributed by atoms with Crippen molar-refractivity contribution in [3.05, 3.63) is 48.3 Å². The summed E-state index contributed by atoms with van der Waals surface area (Å²) in [4.78, 5) is 0. The monoisotopic (exact) mass is 257 g/mol. The number of rotatable bonds is 6. The maximum absolute atomic E-state index is 4.23. The molecule has 0 aliphatic heterocycles. The minimum absolute atomic E-state index is 0.552. The topological polar surface area (TPSA) is 29.9 Å². The molecule has 0 aliphatic carbocycles. The predicted molar refractivity (Wildman–Crippen MR) is 79.3 cm³/mol. The van der Waals surface area contributed by atoms with Crippen molar-refractivity contribution in [3.63, 3.8) is 0 Å². The quantitative estimate of drug-likeness (QED) is 0.859. The Kier molecular flexibility index (Phi) is 4.74. The molecule has 0 saturated heterocycles. The van der Waals surface area contributed by atoms with E-state index in [9.17, 15) is 0 Å². The maximum atomic E-state index is 4.23. The van der Waals surface area contributed by atoms with Gasteiger partial charge in [-0.1, -0.05) is 32.4 Å². The number of hydrogen-bond acceptors (Lipinski definition) is 2. The molecule has 1 aromatic heterocycles. The molecule has 0 amide bonds. The second kappa shape index (κ2) is 6.53. The van der Waals surface area contributed by atoms with Crippen LogP contribution in [0.5, 0.6) is 0 Å². The van der Waals surface area contributed by atoms with E-state index < -0.39 is 0 Å². The highest BCUT2D eigenvalue weighted by Gasteiger charge is 2.08. The van der Waals surface area contributed by atoms with E-state index in [2.05, 4.69) is 55.5 Å². The molecular formula is C16H23N3. The first-order chi connectivity index (χ1) is 9.20. The Bertz CT molecular complexity index is 473. The van der Waals surface area contributed by atoms with Crippen LogP contribution >= 0.6 is 0 Å². The van der Waals surface area contributed by atoms with Gasteiger partial charge in [0.05, 0.1) is 5.69 Å². The molecule has 2 unspecified atom stereocenters. The number of nitrogens with one attached hydrogen (secondary N) is 1. The van der Waals surface area contributed by atoms with Gasteiger partial charge in [-0.05, 0) is 36.6 Å². The van der Waals surface area contributed by atoms with Gasteiger partial charge in [0.25, 0.3) is 0 Å². The van der Waals surface area contributed by atoms with Crippen molar-refractivity contribution >= 4 is 0 Å². The van der Waals surface area contributed by atoms with Gasteiger partial charge in [-0.25, -0.2) is 4.68 Å². The zero-order chi connectivity index (χ0) is 13.7. The third-order valence-corrected chi connectivity index (χ3v) is 3.83. The fraction of sp³-hybridized carbons (Fsp3) is 0.438. The van der Waals surface area contributed by atoms with Gasteiger partial charge in [-0.3, -0.25) is 0 Å². The van der Waals surface area contributed by atoms with Gasteiger partial charge in [0, 0.05) is 25.0 Å². The number of nitrogens with zero attached hydrogens (tertiary/aromatic N) is 2. The van der Waals surface area contributed by atoms with Crippen LogP contribution in [0, 0.1) is 5.92 Å². The molecule has 0 bridgehead atoms. The van der Waals surface area contributed by atoms with Crippen molar-refractivity contribution in [1.82, 2.24) is 15.1 Å². The summed E-state index contributed by atoms with van der Waals surface area (Å²) in [7, 11) is 0. The van der Waals surface area contributed by atoms with Crippen molar-refractivity contribution in [2.75, 3.05) is 0 Å². The van der Waals surface area contributed by atoms with Crippen LogP contribution in [-0.2, 0) is 6.54 Å². The molecule has 2 rings (SSSR count). The van der Waals surface area contributed by atoms with Crippen molar-refractivity contribution < 1.29 is 0 Å². The SMILES string of the molecule is CCC(C)C(C)NCc1ccc(-n2cccn2)cc1. The van der Waals surface area contributed by atoms with Gasteiger partial charge in [-0.15, -0.1) is 0 Å². The first-order valence-electron chi connectivity index (χ1n) is 7.03. The van der Waals surface area contributed by atoms with Crippen molar-refractivity contribution in [2.24, 2.45) is 5.92 Å². The van der Waals surface area contributed by atoms with E-state index >= 15 is 0 Å². The van der Waals surface area contributed by atoms with Gasteiger partial charge in [0.1, 0.15) is 0 Å². The van der Waals surface area contributed by atoms with E-state index in [1.54, 1.807) is 6.20 Å². The summed E-state index contributed by atoms with van der Waals surface area (Å²) in [6.45, 7) is 7.71. The summed E-state index contributed by atoms with van der Waals surface area (Å²) in [5, 5.41) is 7.81. The molecule has 3 nitrogen and oxygen atoms in total. The van der Waals surface area contributed by atoms with Crippen LogP contribution in [0.3, 0.4) is 0 Å². The summed E-state index contributed by atoms with van der Waals surface area (Å²) >= 11 is 0. The Hall–Kier alpha value is -1.61. The summed E-state index contributed by atoms with van der Waals surface area (Å²) in [6, 6.07) is 11.0. The molecule has 0 radical (unpaired) electrons. The van der Waals surface area contributed by atoms with Crippen molar-refractivity contribution in [1.29, 1.82) is 0 Å². The van der Waals surface area contributed by atoms with E-state index in [-0.39, 0.29) is 0 Å². The van der Waals surface area contributed by atoms with Gasteiger partial charge in [0.15, 0.2) is 0 Å². The van der Waals surface area contributed by atoms with E-state index in [1.165, 1.54) is 12.0 Å². The van der Waals surface area contributed by atoms with Crippen molar-refractivity contribution in [2.45, 2.75) is 39.8 Å². The lowest BCUT2D eigenvalue weighted by Crippen LogP contribution is -2.31. The van der Waals surface area contributed by atoms with Crippen LogP contribution in [0.2, 0.25) is 0 Å². The molecule has 0 aliphatic rings. The molecular weight excluding hydrogens is 234 g/mol. The van der Waals surface area contributed by atoms with Gasteiger partial charge in [0.2, 0.25) is 0 Å². The molecule has 2 atom stereocenters. The second-order valence-corrected chi connectivity index (χ2v) is 5.17. The fourth-order valence-corrected chi connectivity index (χ4v) is 2.02. The highest BCUT2D eigenvalue weighted by Crippen LogP contribution is 2.10. The minimum atomic E-state index is 0.552. The van der Waals surface area contributed by atoms with Gasteiger partial charge in [-0.2, -0.15) is 5.10 Å². The standard InChI is InChI=1S/C16H23N3/c1-4-13(2)14(3)17-12-15-6-8-16(9-7-15)19-11-5-10-18-19/h5-11,13-14,17H,4,12H2,1-3H3. The summed E-state index contributed by atoms with van der Waals surface area (Å²) in [5.74, 6) is 0.711. The lowest BCUT2D eigenvalue weighted by atomic mass is 10.0. The number of aromatic nitrogens is 2. The maximum Gasteiger partial charge on any atom is 0.0645 e. The average Bonchev–Trinajstić information content (AvgIpc) is 2.98. The highest BCUT2D eigenvalue weighted by atomic mass is 15.3. The van der Waals surface area contributed by atoms with E-state index in [0.29, 0.717) is 12.0 Å². The predicted octanol–water partition coefficient (Wildman–Crippen LogP) is 3.40. The molecule has 1 aromatic carbocycles. The first kappa shape index (κ1) is 13.8. The summed E-state index contributed by atoms with van der Waals surface area (Å²) < 4.78 is 1.87. The van der Waals surface area contributed by atoms with E-state index in [4.69, 9.17) is 0 Å². The Labute approximate surface area is 115 Å². The van der Waals surface area contributed by atoms with Crippen LogP contribution in [0.4, 0.5) is 0 Å². The molecule has 0 saturated carbocycles. The summed E-state index contributed by atoms with van der Waals surface area (Å²) in [6.07, 6.45) is 4.97. The number of hydrogen-bond donors (Lipinski definition) is 1. The summed E-state index contributed by atoms with van der Waals surface area (Å²) in [5.41, 5.74) is 2.41. The van der Waals surface area contributed by atoms with Crippen LogP contribution in [0.25, 0.3) is 5.69 Å². The van der Waals surface area contributed by atoms with Gasteiger partial charge < -0.3 is 5.32 Å². The minimum Gasteiger partial charge on any atom is -0.310 e. The molecule has 102 valence electrons. The third kappa shape index (κ3) is 3.67. The third-order valence-electron chi connectivity index (χ3n) is 3.83. The zero-order valence-electron chi connectivity index (χ0n) is 12.0. The lowest BCUT2D eigenvalue weighted by Gasteiger charge is -2.20. The van der Waals surface area contributed by atoms with Crippen LogP contribution in [0.1, 0.15) is 32.8 Å². The Morgan fingerprint density at radius 1 is 1.21 bits per heavy atom. The largest absolute Gasteiger partial charge is 0.310 e. The molecule has 0 fully saturated rings. The second-order valence-electron chi connectivity index (χ2n) is 5.17. The average molecular weight is 257 g/mol. The van der Waals surface area contributed by atoms with E-state index in [1.807, 2.05) is 16.9 Å².